The average molecular weight is 446 g/mol. The van der Waals surface area contributed by atoms with Crippen molar-refractivity contribution in [2.75, 3.05) is 5.32 Å². The van der Waals surface area contributed by atoms with E-state index in [1.165, 1.54) is 11.3 Å². The Morgan fingerprint density at radius 2 is 1.90 bits per heavy atom. The Bertz CT molecular complexity index is 1170. The lowest BCUT2D eigenvalue weighted by atomic mass is 10.1. The summed E-state index contributed by atoms with van der Waals surface area (Å²) in [4.78, 5) is 17.9. The zero-order valence-corrected chi connectivity index (χ0v) is 17.7. The number of nitrogens with zero attached hydrogens (tertiary/aromatic N) is 2. The van der Waals surface area contributed by atoms with E-state index in [0.717, 1.165) is 21.5 Å². The third-order valence-corrected chi connectivity index (χ3v) is 6.24. The molecular weight excluding hydrogens is 429 g/mol. The molecule has 29 heavy (non-hydrogen) atoms. The summed E-state index contributed by atoms with van der Waals surface area (Å²) < 4.78 is 2.63. The molecule has 3 heterocycles. The van der Waals surface area contributed by atoms with Gasteiger partial charge in [0, 0.05) is 40.7 Å². The van der Waals surface area contributed by atoms with Crippen LogP contribution >= 0.6 is 34.5 Å². The van der Waals surface area contributed by atoms with E-state index >= 15 is 0 Å². The first-order valence-corrected chi connectivity index (χ1v) is 10.4. The quantitative estimate of drug-likeness (QED) is 0.309. The molecule has 5 nitrogen and oxygen atoms in total. The van der Waals surface area contributed by atoms with Crippen LogP contribution in [0.1, 0.15) is 21.6 Å². The number of pyridine rings is 1. The van der Waals surface area contributed by atoms with Crippen LogP contribution in [0.5, 0.6) is 0 Å². The van der Waals surface area contributed by atoms with E-state index in [1.807, 2.05) is 35.8 Å². The highest BCUT2D eigenvalue weighted by Crippen LogP contribution is 2.36. The van der Waals surface area contributed by atoms with Gasteiger partial charge in [-0.15, -0.1) is 11.3 Å². The summed E-state index contributed by atoms with van der Waals surface area (Å²) in [5.41, 5.74) is 2.90. The third-order valence-electron chi connectivity index (χ3n) is 4.70. The van der Waals surface area contributed by atoms with Crippen molar-refractivity contribution in [1.82, 2.24) is 9.55 Å². The maximum atomic E-state index is 13.1. The number of nitrogens with one attached hydrogen (secondary N) is 1. The summed E-state index contributed by atoms with van der Waals surface area (Å²) in [6.45, 7) is 2.44. The highest BCUT2D eigenvalue weighted by Gasteiger charge is 2.27. The van der Waals surface area contributed by atoms with Crippen molar-refractivity contribution < 1.29 is 9.90 Å². The van der Waals surface area contributed by atoms with Crippen LogP contribution in [-0.4, -0.2) is 26.7 Å². The first kappa shape index (κ1) is 19.9. The Balaban J connectivity index is 1.71. The largest absolute Gasteiger partial charge is 0.367 e. The molecule has 0 bridgehead atoms. The van der Waals surface area contributed by atoms with E-state index in [2.05, 4.69) is 10.3 Å². The van der Waals surface area contributed by atoms with E-state index < -0.39 is 12.0 Å². The molecule has 0 aliphatic carbocycles. The van der Waals surface area contributed by atoms with Crippen molar-refractivity contribution >= 4 is 56.2 Å². The predicted octanol–water partition coefficient (Wildman–Crippen LogP) is 5.37. The van der Waals surface area contributed by atoms with Crippen molar-refractivity contribution in [1.29, 1.82) is 0 Å². The number of benzene rings is 1. The SMILES string of the molecule is Cc1c(C(=O)C(O)Nc2ccncc2)c2cc(Cl)sc2n1Cc1ccc(Cl)cc1. The van der Waals surface area contributed by atoms with Crippen molar-refractivity contribution in [3.8, 4) is 0 Å². The van der Waals surface area contributed by atoms with Crippen LogP contribution in [0.15, 0.2) is 54.9 Å². The van der Waals surface area contributed by atoms with Crippen molar-refractivity contribution in [3.63, 3.8) is 0 Å². The Labute approximate surface area is 181 Å². The Hall–Kier alpha value is -2.38. The molecule has 0 spiro atoms. The van der Waals surface area contributed by atoms with Gasteiger partial charge in [0.15, 0.2) is 6.23 Å². The summed E-state index contributed by atoms with van der Waals surface area (Å²) in [7, 11) is 0. The lowest BCUT2D eigenvalue weighted by Crippen LogP contribution is -2.29. The molecule has 148 valence electrons. The lowest BCUT2D eigenvalue weighted by molar-refractivity contribution is 0.0794. The summed E-state index contributed by atoms with van der Waals surface area (Å²) in [5, 5.41) is 14.7. The molecule has 1 aromatic carbocycles. The number of carbonyl (C=O) groups is 1. The minimum Gasteiger partial charge on any atom is -0.367 e. The highest BCUT2D eigenvalue weighted by atomic mass is 35.5. The molecule has 4 rings (SSSR count). The molecule has 0 amide bonds. The van der Waals surface area contributed by atoms with Gasteiger partial charge in [-0.1, -0.05) is 35.3 Å². The molecule has 3 aromatic heterocycles. The average Bonchev–Trinajstić information content (AvgIpc) is 3.19. The topological polar surface area (TPSA) is 67.2 Å². The number of rotatable bonds is 6. The van der Waals surface area contributed by atoms with E-state index in [4.69, 9.17) is 23.2 Å². The second-order valence-electron chi connectivity index (χ2n) is 6.59. The first-order valence-electron chi connectivity index (χ1n) is 8.85. The fourth-order valence-corrected chi connectivity index (χ4v) is 4.69. The van der Waals surface area contributed by atoms with Crippen LogP contribution in [0, 0.1) is 6.92 Å². The summed E-state index contributed by atoms with van der Waals surface area (Å²) in [6, 6.07) is 12.7. The number of Topliss-reactive ketones (excluding diaryl/α,β-unsaturated/α-hetero) is 1. The van der Waals surface area contributed by atoms with Crippen LogP contribution < -0.4 is 5.32 Å². The fraction of sp³-hybridized carbons (Fsp3) is 0.143. The van der Waals surface area contributed by atoms with Gasteiger partial charge in [0.05, 0.1) is 9.90 Å². The number of hydrogen-bond acceptors (Lipinski definition) is 5. The normalized spacial score (nSPS) is 12.3. The van der Waals surface area contributed by atoms with Crippen LogP contribution in [0.3, 0.4) is 0 Å². The first-order chi connectivity index (χ1) is 13.9. The smallest absolute Gasteiger partial charge is 0.214 e. The number of anilines is 1. The zero-order valence-electron chi connectivity index (χ0n) is 15.4. The van der Waals surface area contributed by atoms with Gasteiger partial charge in [-0.05, 0) is 42.8 Å². The molecular formula is C21H17Cl2N3O2S. The molecule has 2 N–H and O–H groups in total. The van der Waals surface area contributed by atoms with E-state index in [-0.39, 0.29) is 0 Å². The Morgan fingerprint density at radius 3 is 2.59 bits per heavy atom. The standard InChI is InChI=1S/C21H17Cl2N3O2S/c1-12-18(19(27)20(28)25-15-6-8-24-9-7-15)16-10-17(23)29-21(16)26(12)11-13-2-4-14(22)5-3-13/h2-10,20,28H,11H2,1H3,(H,24,25). The molecule has 0 fully saturated rings. The number of ketones is 1. The molecule has 1 atom stereocenters. The van der Waals surface area contributed by atoms with Crippen LogP contribution in [0.25, 0.3) is 10.2 Å². The second kappa shape index (κ2) is 8.16. The Morgan fingerprint density at radius 1 is 1.21 bits per heavy atom. The number of carbonyl (C=O) groups excluding carboxylic acids is 1. The third kappa shape index (κ3) is 4.02. The van der Waals surface area contributed by atoms with Gasteiger partial charge in [0.2, 0.25) is 5.78 Å². The number of fused-ring (bicyclic) bond motifs is 1. The monoisotopic (exact) mass is 445 g/mol. The highest BCUT2D eigenvalue weighted by molar-refractivity contribution is 7.22. The van der Waals surface area contributed by atoms with Crippen LogP contribution in [-0.2, 0) is 6.54 Å². The zero-order chi connectivity index (χ0) is 20.5. The molecule has 4 aromatic rings. The van der Waals surface area contributed by atoms with Crippen molar-refractivity contribution in [2.24, 2.45) is 0 Å². The molecule has 0 radical (unpaired) electrons. The summed E-state index contributed by atoms with van der Waals surface area (Å²) in [6.07, 6.45) is 1.79. The van der Waals surface area contributed by atoms with E-state index in [1.54, 1.807) is 30.6 Å². The van der Waals surface area contributed by atoms with Gasteiger partial charge in [0.1, 0.15) is 4.83 Å². The van der Waals surface area contributed by atoms with Gasteiger partial charge < -0.3 is 15.0 Å². The lowest BCUT2D eigenvalue weighted by Gasteiger charge is -2.14. The molecule has 1 unspecified atom stereocenters. The molecule has 0 aliphatic heterocycles. The van der Waals surface area contributed by atoms with Gasteiger partial charge in [-0.25, -0.2) is 0 Å². The van der Waals surface area contributed by atoms with Gasteiger partial charge >= 0.3 is 0 Å². The summed E-state index contributed by atoms with van der Waals surface area (Å²) >= 11 is 13.6. The van der Waals surface area contributed by atoms with Crippen molar-refractivity contribution in [2.45, 2.75) is 19.7 Å². The van der Waals surface area contributed by atoms with Gasteiger partial charge in [-0.2, -0.15) is 0 Å². The number of aliphatic hydroxyl groups is 1. The molecule has 0 saturated carbocycles. The molecule has 0 saturated heterocycles. The minimum atomic E-state index is -1.38. The second-order valence-corrected chi connectivity index (χ2v) is 8.69. The van der Waals surface area contributed by atoms with Crippen LogP contribution in [0.4, 0.5) is 5.69 Å². The molecule has 0 aliphatic rings. The van der Waals surface area contributed by atoms with E-state index in [9.17, 15) is 9.90 Å². The predicted molar refractivity (Wildman–Crippen MR) is 118 cm³/mol. The van der Waals surface area contributed by atoms with Gasteiger partial charge in [0.25, 0.3) is 0 Å². The summed E-state index contributed by atoms with van der Waals surface area (Å²) in [5.74, 6) is -0.409. The number of halogens is 2. The Kier molecular flexibility index (Phi) is 5.61. The minimum absolute atomic E-state index is 0.409. The van der Waals surface area contributed by atoms with Crippen molar-refractivity contribution in [3.05, 3.63) is 81.0 Å². The maximum absolute atomic E-state index is 13.1. The number of hydrogen-bond donors (Lipinski definition) is 2. The number of thiophene rings is 1. The van der Waals surface area contributed by atoms with E-state index in [0.29, 0.717) is 27.2 Å². The van der Waals surface area contributed by atoms with Crippen LogP contribution in [0.2, 0.25) is 9.36 Å². The maximum Gasteiger partial charge on any atom is 0.214 e. The fourth-order valence-electron chi connectivity index (χ4n) is 3.30. The molecule has 8 heteroatoms. The number of aliphatic hydroxyl groups excluding tert-OH is 1. The number of aromatic nitrogens is 2. The van der Waals surface area contributed by atoms with Gasteiger partial charge in [-0.3, -0.25) is 9.78 Å².